The molecule has 0 aromatic heterocycles. The highest BCUT2D eigenvalue weighted by Gasteiger charge is 2.35. The summed E-state index contributed by atoms with van der Waals surface area (Å²) in [6, 6.07) is 7.08. The van der Waals surface area contributed by atoms with Crippen molar-refractivity contribution in [3.63, 3.8) is 0 Å². The van der Waals surface area contributed by atoms with Crippen LogP contribution >= 0.6 is 0 Å². The van der Waals surface area contributed by atoms with E-state index in [0.29, 0.717) is 19.0 Å². The number of nitrogens with one attached hydrogen (secondary N) is 1. The third-order valence-electron chi connectivity index (χ3n) is 6.63. The van der Waals surface area contributed by atoms with Crippen LogP contribution in [0.2, 0.25) is 0 Å². The zero-order valence-electron chi connectivity index (χ0n) is 17.3. The van der Waals surface area contributed by atoms with Crippen LogP contribution < -0.4 is 5.32 Å². The van der Waals surface area contributed by atoms with Crippen LogP contribution in [0.25, 0.3) is 0 Å². The van der Waals surface area contributed by atoms with E-state index in [9.17, 15) is 14.0 Å². The van der Waals surface area contributed by atoms with Gasteiger partial charge in [0.15, 0.2) is 0 Å². The smallest absolute Gasteiger partial charge is 0.254 e. The van der Waals surface area contributed by atoms with E-state index in [1.165, 1.54) is 32.0 Å². The summed E-state index contributed by atoms with van der Waals surface area (Å²) in [5.41, 5.74) is 6.13. The molecule has 1 aliphatic heterocycles. The predicted octanol–water partition coefficient (Wildman–Crippen LogP) is 4.29. The fraction of sp³-hybridized carbons (Fsp3) is 0.417. The van der Waals surface area contributed by atoms with Gasteiger partial charge in [0.25, 0.3) is 11.8 Å². The lowest BCUT2D eigenvalue weighted by Crippen LogP contribution is -2.33. The van der Waals surface area contributed by atoms with Gasteiger partial charge in [-0.25, -0.2) is 4.39 Å². The maximum absolute atomic E-state index is 14.4. The van der Waals surface area contributed by atoms with Crippen LogP contribution in [0.1, 0.15) is 74.2 Å². The highest BCUT2D eigenvalue weighted by Crippen LogP contribution is 2.35. The summed E-state index contributed by atoms with van der Waals surface area (Å²) in [5.74, 6) is -0.825. The van der Waals surface area contributed by atoms with Crippen LogP contribution in [0.5, 0.6) is 0 Å². The van der Waals surface area contributed by atoms with E-state index in [4.69, 9.17) is 0 Å². The normalized spacial score (nSPS) is 16.4. The summed E-state index contributed by atoms with van der Waals surface area (Å²) in [5, 5.41) is 2.45. The Morgan fingerprint density at radius 3 is 2.55 bits per heavy atom. The average molecular weight is 394 g/mol. The van der Waals surface area contributed by atoms with Crippen molar-refractivity contribution in [1.29, 1.82) is 0 Å². The first kappa shape index (κ1) is 19.6. The molecule has 5 heteroatoms. The van der Waals surface area contributed by atoms with Crippen LogP contribution in [-0.2, 0) is 13.0 Å². The van der Waals surface area contributed by atoms with Gasteiger partial charge in [0.2, 0.25) is 0 Å². The number of nitrogens with zero attached hydrogens (tertiary/aromatic N) is 1. The van der Waals surface area contributed by atoms with Gasteiger partial charge in [0.05, 0.1) is 5.56 Å². The first-order valence-corrected chi connectivity index (χ1v) is 10.3. The van der Waals surface area contributed by atoms with Crippen molar-refractivity contribution in [3.05, 3.63) is 69.0 Å². The molecular weight excluding hydrogens is 367 g/mol. The summed E-state index contributed by atoms with van der Waals surface area (Å²) in [6.07, 6.45) is 5.13. The summed E-state index contributed by atoms with van der Waals surface area (Å²) < 4.78 is 14.4. The fourth-order valence-electron chi connectivity index (χ4n) is 4.73. The fourth-order valence-corrected chi connectivity index (χ4v) is 4.73. The molecule has 1 aliphatic carbocycles. The van der Waals surface area contributed by atoms with Crippen LogP contribution in [-0.4, -0.2) is 29.8 Å². The second-order valence-electron chi connectivity index (χ2n) is 8.25. The number of halogens is 1. The molecule has 1 fully saturated rings. The highest BCUT2D eigenvalue weighted by molar-refractivity contribution is 5.99. The molecule has 0 atom stereocenters. The molecule has 29 heavy (non-hydrogen) atoms. The molecule has 0 radical (unpaired) electrons. The standard InChI is InChI=1S/C24H27FN2O2/c1-14-15(2)21-13-27(18-6-4-5-7-18)24(29)20(21)12-17(14)10-16-8-9-19(22(25)11-16)23(28)26-3/h8-9,11-12,18H,4-7,10,13H2,1-3H3,(H,26,28). The Morgan fingerprint density at radius 1 is 1.17 bits per heavy atom. The van der Waals surface area contributed by atoms with E-state index < -0.39 is 11.7 Å². The molecule has 1 saturated carbocycles. The highest BCUT2D eigenvalue weighted by atomic mass is 19.1. The van der Waals surface area contributed by atoms with Gasteiger partial charge in [-0.2, -0.15) is 0 Å². The molecule has 4 rings (SSSR count). The molecule has 2 amide bonds. The lowest BCUT2D eigenvalue weighted by molar-refractivity contribution is 0.0706. The van der Waals surface area contributed by atoms with Gasteiger partial charge in [0.1, 0.15) is 5.82 Å². The van der Waals surface area contributed by atoms with E-state index in [2.05, 4.69) is 19.2 Å². The van der Waals surface area contributed by atoms with Crippen LogP contribution in [0.4, 0.5) is 4.39 Å². The quantitative estimate of drug-likeness (QED) is 0.841. The molecule has 1 heterocycles. The van der Waals surface area contributed by atoms with Crippen molar-refractivity contribution < 1.29 is 14.0 Å². The van der Waals surface area contributed by atoms with Crippen LogP contribution in [0.3, 0.4) is 0 Å². The van der Waals surface area contributed by atoms with Crippen molar-refractivity contribution in [1.82, 2.24) is 10.2 Å². The number of hydrogen-bond donors (Lipinski definition) is 1. The van der Waals surface area contributed by atoms with Gasteiger partial charge in [-0.15, -0.1) is 0 Å². The molecule has 0 saturated heterocycles. The minimum atomic E-state index is -0.527. The number of hydrogen-bond acceptors (Lipinski definition) is 2. The number of rotatable bonds is 4. The third kappa shape index (κ3) is 3.43. The number of carbonyl (C=O) groups excluding carboxylic acids is 2. The van der Waals surface area contributed by atoms with Crippen LogP contribution in [0.15, 0.2) is 24.3 Å². The second-order valence-corrected chi connectivity index (χ2v) is 8.25. The maximum Gasteiger partial charge on any atom is 0.254 e. The second kappa shape index (κ2) is 7.62. The van der Waals surface area contributed by atoms with E-state index >= 15 is 0 Å². The Labute approximate surface area is 171 Å². The number of benzene rings is 2. The predicted molar refractivity (Wildman–Crippen MR) is 111 cm³/mol. The zero-order valence-corrected chi connectivity index (χ0v) is 17.3. The van der Waals surface area contributed by atoms with Gasteiger partial charge < -0.3 is 10.2 Å². The molecule has 2 aliphatic rings. The number of carbonyl (C=O) groups is 2. The Bertz CT molecular complexity index is 993. The minimum absolute atomic E-state index is 0.0421. The molecule has 0 bridgehead atoms. The van der Waals surface area contributed by atoms with Gasteiger partial charge in [0, 0.05) is 25.2 Å². The molecule has 4 nitrogen and oxygen atoms in total. The van der Waals surface area contributed by atoms with Crippen molar-refractivity contribution in [3.8, 4) is 0 Å². The monoisotopic (exact) mass is 394 g/mol. The summed E-state index contributed by atoms with van der Waals surface area (Å²) >= 11 is 0. The first-order chi connectivity index (χ1) is 13.9. The average Bonchev–Trinajstić information content (AvgIpc) is 3.34. The Hall–Kier alpha value is -2.69. The van der Waals surface area contributed by atoms with E-state index in [0.717, 1.165) is 46.2 Å². The van der Waals surface area contributed by atoms with E-state index in [1.54, 1.807) is 6.07 Å². The molecule has 152 valence electrons. The third-order valence-corrected chi connectivity index (χ3v) is 6.63. The Morgan fingerprint density at radius 2 is 1.90 bits per heavy atom. The van der Waals surface area contributed by atoms with Crippen molar-refractivity contribution in [2.75, 3.05) is 7.05 Å². The van der Waals surface area contributed by atoms with Crippen molar-refractivity contribution in [2.24, 2.45) is 0 Å². The molecule has 1 N–H and O–H groups in total. The Kier molecular flexibility index (Phi) is 5.15. The van der Waals surface area contributed by atoms with Gasteiger partial charge >= 0.3 is 0 Å². The Balaban J connectivity index is 1.64. The van der Waals surface area contributed by atoms with Gasteiger partial charge in [-0.05, 0) is 79.1 Å². The number of amides is 2. The van der Waals surface area contributed by atoms with Gasteiger partial charge in [-0.1, -0.05) is 18.9 Å². The first-order valence-electron chi connectivity index (χ1n) is 10.3. The van der Waals surface area contributed by atoms with Crippen molar-refractivity contribution >= 4 is 11.8 Å². The molecule has 0 unspecified atom stereocenters. The maximum atomic E-state index is 14.4. The SMILES string of the molecule is CNC(=O)c1ccc(Cc2cc3c(c(C)c2C)CN(C2CCCC2)C3=O)cc1F. The summed E-state index contributed by atoms with van der Waals surface area (Å²) in [4.78, 5) is 26.8. The van der Waals surface area contributed by atoms with Crippen LogP contribution in [0, 0.1) is 19.7 Å². The van der Waals surface area contributed by atoms with E-state index in [-0.39, 0.29) is 11.5 Å². The van der Waals surface area contributed by atoms with Gasteiger partial charge in [-0.3, -0.25) is 9.59 Å². The summed E-state index contributed by atoms with van der Waals surface area (Å²) in [6.45, 7) is 4.86. The number of fused-ring (bicyclic) bond motifs is 1. The molecule has 0 spiro atoms. The molecular formula is C24H27FN2O2. The summed E-state index contributed by atoms with van der Waals surface area (Å²) in [7, 11) is 1.48. The topological polar surface area (TPSA) is 49.4 Å². The molecule has 2 aromatic rings. The lowest BCUT2D eigenvalue weighted by Gasteiger charge is -2.23. The molecule has 2 aromatic carbocycles. The minimum Gasteiger partial charge on any atom is -0.355 e. The lowest BCUT2D eigenvalue weighted by atomic mass is 9.91. The zero-order chi connectivity index (χ0) is 20.7. The van der Waals surface area contributed by atoms with Crippen molar-refractivity contribution in [2.45, 2.75) is 58.5 Å². The van der Waals surface area contributed by atoms with E-state index in [1.807, 2.05) is 11.0 Å². The largest absolute Gasteiger partial charge is 0.355 e.